The Labute approximate surface area is 183 Å². The molecule has 2 aromatic rings. The SMILES string of the molecule is CC(C)c1cc(F)cc(C(C)C)c1C(C)C(=O)N=[S-](=O)Nc1cnc(C(C)(C)O)s1. The van der Waals surface area contributed by atoms with Crippen molar-refractivity contribution in [2.75, 3.05) is 4.72 Å². The molecule has 6 nitrogen and oxygen atoms in total. The lowest BCUT2D eigenvalue weighted by Crippen LogP contribution is -2.15. The van der Waals surface area contributed by atoms with E-state index < -0.39 is 28.2 Å². The number of thiazole rings is 1. The maximum atomic E-state index is 14.1. The highest BCUT2D eigenvalue weighted by Crippen LogP contribution is 2.35. The maximum Gasteiger partial charge on any atom is 0.231 e. The van der Waals surface area contributed by atoms with Crippen molar-refractivity contribution in [3.05, 3.63) is 45.8 Å². The standard InChI is InChI=1S/C21H29FN3O3S2/c1-11(2)15-8-14(22)9-16(12(3)4)18(15)13(5)19(26)25-30(28)24-17-10-23-20(29-17)21(6,7)27/h8-13,27H,1-7H3,(H,24,25,26,28)/q-1. The molecule has 0 aliphatic heterocycles. The van der Waals surface area contributed by atoms with Crippen molar-refractivity contribution < 1.29 is 18.5 Å². The van der Waals surface area contributed by atoms with Gasteiger partial charge in [0.2, 0.25) is 5.91 Å². The van der Waals surface area contributed by atoms with Crippen molar-refractivity contribution in [2.24, 2.45) is 4.36 Å². The van der Waals surface area contributed by atoms with Crippen LogP contribution in [-0.4, -0.2) is 16.0 Å². The molecule has 2 rings (SSSR count). The number of aliphatic hydroxyl groups is 1. The zero-order valence-electron chi connectivity index (χ0n) is 18.3. The van der Waals surface area contributed by atoms with Gasteiger partial charge in [-0.05, 0) is 61.4 Å². The summed E-state index contributed by atoms with van der Waals surface area (Å²) in [6.07, 6.45) is 1.44. The zero-order chi connectivity index (χ0) is 22.8. The number of aromatic nitrogens is 1. The van der Waals surface area contributed by atoms with E-state index in [0.717, 1.165) is 28.0 Å². The fourth-order valence-corrected chi connectivity index (χ4v) is 4.75. The van der Waals surface area contributed by atoms with Crippen LogP contribution in [0.4, 0.5) is 9.39 Å². The molecule has 0 radical (unpaired) electrons. The predicted octanol–water partition coefficient (Wildman–Crippen LogP) is 5.56. The number of benzene rings is 1. The van der Waals surface area contributed by atoms with E-state index in [-0.39, 0.29) is 17.7 Å². The van der Waals surface area contributed by atoms with Gasteiger partial charge in [0.05, 0.1) is 17.1 Å². The average Bonchev–Trinajstić information content (AvgIpc) is 3.08. The van der Waals surface area contributed by atoms with Crippen LogP contribution in [0, 0.1) is 5.82 Å². The molecular weight excluding hydrogens is 425 g/mol. The van der Waals surface area contributed by atoms with Crippen molar-refractivity contribution in [1.29, 1.82) is 0 Å². The number of hydrogen-bond acceptors (Lipinski definition) is 6. The highest BCUT2D eigenvalue weighted by molar-refractivity contribution is 7.76. The molecule has 1 unspecified atom stereocenters. The van der Waals surface area contributed by atoms with E-state index in [1.54, 1.807) is 20.8 Å². The third-order valence-electron chi connectivity index (χ3n) is 4.65. The van der Waals surface area contributed by atoms with E-state index in [4.69, 9.17) is 0 Å². The van der Waals surface area contributed by atoms with Crippen LogP contribution in [0.1, 0.15) is 87.9 Å². The van der Waals surface area contributed by atoms with Gasteiger partial charge in [0, 0.05) is 0 Å². The summed E-state index contributed by atoms with van der Waals surface area (Å²) in [5.41, 5.74) is 1.14. The Morgan fingerprint density at radius 3 is 2.17 bits per heavy atom. The molecule has 1 aromatic carbocycles. The number of nitrogens with one attached hydrogen (secondary N) is 1. The van der Waals surface area contributed by atoms with E-state index >= 15 is 0 Å². The summed E-state index contributed by atoms with van der Waals surface area (Å²) >= 11 is 1.14. The molecule has 0 aliphatic rings. The van der Waals surface area contributed by atoms with Gasteiger partial charge >= 0.3 is 0 Å². The maximum absolute atomic E-state index is 14.1. The molecule has 0 aliphatic carbocycles. The van der Waals surface area contributed by atoms with Crippen molar-refractivity contribution in [3.8, 4) is 0 Å². The number of rotatable bonds is 7. The molecule has 0 spiro atoms. The second kappa shape index (κ2) is 9.53. The lowest BCUT2D eigenvalue weighted by Gasteiger charge is -2.23. The fourth-order valence-electron chi connectivity index (χ4n) is 3.11. The highest BCUT2D eigenvalue weighted by atomic mass is 32.2. The summed E-state index contributed by atoms with van der Waals surface area (Å²) in [6.45, 7) is 12.7. The summed E-state index contributed by atoms with van der Waals surface area (Å²) in [5, 5.41) is 10.9. The summed E-state index contributed by atoms with van der Waals surface area (Å²) in [6, 6.07) is 2.92. The van der Waals surface area contributed by atoms with Crippen LogP contribution in [0.25, 0.3) is 0 Å². The topological polar surface area (TPSA) is 91.7 Å². The van der Waals surface area contributed by atoms with Crippen molar-refractivity contribution in [3.63, 3.8) is 0 Å². The van der Waals surface area contributed by atoms with Crippen molar-refractivity contribution in [2.45, 2.75) is 71.8 Å². The number of halogens is 1. The minimum absolute atomic E-state index is 0.0181. The number of carbonyl (C=O) groups excluding carboxylic acids is 1. The molecule has 1 heterocycles. The van der Waals surface area contributed by atoms with Gasteiger partial charge in [-0.15, -0.1) is 11.3 Å². The molecule has 1 atom stereocenters. The van der Waals surface area contributed by atoms with E-state index in [1.807, 2.05) is 27.7 Å². The average molecular weight is 455 g/mol. The molecule has 1 aromatic heterocycles. The van der Waals surface area contributed by atoms with Crippen LogP contribution in [0.5, 0.6) is 0 Å². The quantitative estimate of drug-likeness (QED) is 0.536. The van der Waals surface area contributed by atoms with Crippen LogP contribution >= 0.6 is 11.3 Å². The third kappa shape index (κ3) is 5.86. The molecule has 30 heavy (non-hydrogen) atoms. The second-order valence-electron chi connectivity index (χ2n) is 8.40. The Kier molecular flexibility index (Phi) is 7.76. The molecule has 0 saturated carbocycles. The van der Waals surface area contributed by atoms with E-state index in [2.05, 4.69) is 14.1 Å². The Balaban J connectivity index is 2.33. The van der Waals surface area contributed by atoms with Gasteiger partial charge in [-0.3, -0.25) is 4.79 Å². The molecule has 0 fully saturated rings. The van der Waals surface area contributed by atoms with Gasteiger partial charge in [-0.25, -0.2) is 9.37 Å². The molecule has 0 bridgehead atoms. The zero-order valence-corrected chi connectivity index (χ0v) is 19.9. The first kappa shape index (κ1) is 24.4. The largest absolute Gasteiger partial charge is 0.425 e. The molecule has 166 valence electrons. The van der Waals surface area contributed by atoms with Crippen LogP contribution in [0.15, 0.2) is 22.7 Å². The van der Waals surface area contributed by atoms with Crippen LogP contribution in [-0.2, 0) is 25.4 Å². The van der Waals surface area contributed by atoms with Crippen LogP contribution in [0.3, 0.4) is 0 Å². The minimum Gasteiger partial charge on any atom is -0.425 e. The van der Waals surface area contributed by atoms with Gasteiger partial charge in [-0.1, -0.05) is 38.5 Å². The number of hydrogen-bond donors (Lipinski definition) is 2. The summed E-state index contributed by atoms with van der Waals surface area (Å²) in [4.78, 5) is 16.9. The highest BCUT2D eigenvalue weighted by Gasteiger charge is 2.24. The minimum atomic E-state index is -2.01. The summed E-state index contributed by atoms with van der Waals surface area (Å²) in [7, 11) is -2.01. The number of amides is 1. The molecule has 9 heteroatoms. The van der Waals surface area contributed by atoms with Crippen molar-refractivity contribution in [1.82, 2.24) is 4.98 Å². The monoisotopic (exact) mass is 454 g/mol. The summed E-state index contributed by atoms with van der Waals surface area (Å²) < 4.78 is 32.9. The predicted molar refractivity (Wildman–Crippen MR) is 119 cm³/mol. The van der Waals surface area contributed by atoms with E-state index in [1.165, 1.54) is 18.3 Å². The first-order valence-corrected chi connectivity index (χ1v) is 11.7. The Bertz CT molecular complexity index is 974. The number of anilines is 1. The normalized spacial score (nSPS) is 14.4. The van der Waals surface area contributed by atoms with Gasteiger partial charge in [0.15, 0.2) is 0 Å². The van der Waals surface area contributed by atoms with E-state index in [0.29, 0.717) is 10.0 Å². The Morgan fingerprint density at radius 1 is 1.20 bits per heavy atom. The molecular formula is C21H29FN3O3S2-. The van der Waals surface area contributed by atoms with Gasteiger partial charge in [-0.2, -0.15) is 0 Å². The van der Waals surface area contributed by atoms with Crippen molar-refractivity contribution >= 4 is 33.0 Å². The first-order valence-electron chi connectivity index (χ1n) is 9.77. The Hall–Kier alpha value is -1.84. The van der Waals surface area contributed by atoms with E-state index in [9.17, 15) is 18.5 Å². The first-order chi connectivity index (χ1) is 13.8. The van der Waals surface area contributed by atoms with Gasteiger partial charge in [0.25, 0.3) is 0 Å². The molecule has 2 N–H and O–H groups in total. The lowest BCUT2D eigenvalue weighted by molar-refractivity contribution is -0.118. The molecule has 0 saturated heterocycles. The second-order valence-corrected chi connectivity index (χ2v) is 10.3. The lowest BCUT2D eigenvalue weighted by atomic mass is 9.82. The molecule has 1 amide bonds. The van der Waals surface area contributed by atoms with Crippen LogP contribution in [0.2, 0.25) is 0 Å². The summed E-state index contributed by atoms with van der Waals surface area (Å²) in [5.74, 6) is -1.52. The number of nitrogens with zero attached hydrogens (tertiary/aromatic N) is 2. The van der Waals surface area contributed by atoms with Crippen LogP contribution < -0.4 is 4.72 Å². The van der Waals surface area contributed by atoms with Gasteiger partial charge < -0.3 is 18.4 Å². The number of carbonyl (C=O) groups is 1. The third-order valence-corrected chi connectivity index (χ3v) is 6.74. The van der Waals surface area contributed by atoms with Gasteiger partial charge in [0.1, 0.15) is 16.4 Å². The fraction of sp³-hybridized carbons (Fsp3) is 0.524. The Morgan fingerprint density at radius 2 is 1.73 bits per heavy atom. The smallest absolute Gasteiger partial charge is 0.231 e.